The molecule has 1 aliphatic rings. The minimum atomic E-state index is -1.58. The van der Waals surface area contributed by atoms with Crippen molar-refractivity contribution in [1.82, 2.24) is 10.2 Å². The van der Waals surface area contributed by atoms with Crippen molar-refractivity contribution in [2.24, 2.45) is 0 Å². The first-order chi connectivity index (χ1) is 7.84. The number of hydrogen-bond donors (Lipinski definition) is 3. The van der Waals surface area contributed by atoms with Gasteiger partial charge in [-0.05, 0) is 13.8 Å². The van der Waals surface area contributed by atoms with E-state index in [1.165, 1.54) is 0 Å². The number of nitrogens with one attached hydrogen (secondary N) is 1. The van der Waals surface area contributed by atoms with Gasteiger partial charge in [0.05, 0.1) is 25.3 Å². The number of hydrogen-bond acceptors (Lipinski definition) is 4. The maximum Gasteiger partial charge on any atom is 0.334 e. The molecule has 0 aliphatic carbocycles. The number of aliphatic carboxylic acids is 1. The quantitative estimate of drug-likeness (QED) is 0.608. The average Bonchev–Trinajstić information content (AvgIpc) is 2.24. The Morgan fingerprint density at radius 2 is 2.18 bits per heavy atom. The molecule has 1 saturated heterocycles. The summed E-state index contributed by atoms with van der Waals surface area (Å²) in [6.45, 7) is 4.75. The molecule has 1 atom stereocenters. The highest BCUT2D eigenvalue weighted by molar-refractivity contribution is 5.77. The Morgan fingerprint density at radius 1 is 1.53 bits per heavy atom. The Morgan fingerprint density at radius 3 is 2.71 bits per heavy atom. The molecule has 0 aromatic rings. The van der Waals surface area contributed by atoms with E-state index in [2.05, 4.69) is 5.32 Å². The van der Waals surface area contributed by atoms with Crippen LogP contribution in [0, 0.1) is 0 Å². The van der Waals surface area contributed by atoms with Gasteiger partial charge in [-0.2, -0.15) is 0 Å². The molecule has 1 unspecified atom stereocenters. The van der Waals surface area contributed by atoms with Gasteiger partial charge in [-0.3, -0.25) is 0 Å². The second-order valence-corrected chi connectivity index (χ2v) is 4.56. The summed E-state index contributed by atoms with van der Waals surface area (Å²) in [4.78, 5) is 23.8. The largest absolute Gasteiger partial charge is 0.479 e. The third-order valence-corrected chi connectivity index (χ3v) is 2.62. The summed E-state index contributed by atoms with van der Waals surface area (Å²) in [7, 11) is 0. The number of urea groups is 1. The number of carboxylic acids is 1. The summed E-state index contributed by atoms with van der Waals surface area (Å²) >= 11 is 0. The molecular formula is C10H18N2O5. The highest BCUT2D eigenvalue weighted by Crippen LogP contribution is 2.18. The Balaban J connectivity index is 2.49. The number of aliphatic hydroxyl groups is 1. The van der Waals surface area contributed by atoms with Gasteiger partial charge in [0.2, 0.25) is 0 Å². The fourth-order valence-electron chi connectivity index (χ4n) is 1.60. The molecule has 3 N–H and O–H groups in total. The summed E-state index contributed by atoms with van der Waals surface area (Å²) < 4.78 is 5.26. The number of ether oxygens (including phenoxy) is 1. The third-order valence-electron chi connectivity index (χ3n) is 2.62. The molecule has 0 radical (unpaired) electrons. The molecule has 1 heterocycles. The summed E-state index contributed by atoms with van der Waals surface area (Å²) in [6.07, 6.45) is -1.58. The van der Waals surface area contributed by atoms with Crippen LogP contribution in [0.3, 0.4) is 0 Å². The first-order valence-corrected chi connectivity index (χ1v) is 5.38. The normalized spacial score (nSPS) is 20.8. The lowest BCUT2D eigenvalue weighted by atomic mass is 10.0. The lowest BCUT2D eigenvalue weighted by Crippen LogP contribution is -2.59. The molecule has 1 rings (SSSR count). The predicted octanol–water partition coefficient (Wildman–Crippen LogP) is -0.748. The zero-order chi connectivity index (χ0) is 13.1. The maximum atomic E-state index is 11.8. The number of rotatable bonds is 3. The van der Waals surface area contributed by atoms with Crippen molar-refractivity contribution in [2.75, 3.05) is 26.3 Å². The molecule has 2 amide bonds. The second kappa shape index (κ2) is 5.33. The van der Waals surface area contributed by atoms with Crippen molar-refractivity contribution >= 4 is 12.0 Å². The van der Waals surface area contributed by atoms with Crippen LogP contribution in [0.25, 0.3) is 0 Å². The van der Waals surface area contributed by atoms with Crippen LogP contribution in [0.2, 0.25) is 0 Å². The predicted molar refractivity (Wildman–Crippen MR) is 58.6 cm³/mol. The average molecular weight is 246 g/mol. The van der Waals surface area contributed by atoms with Gasteiger partial charge in [0.15, 0.2) is 6.10 Å². The van der Waals surface area contributed by atoms with E-state index in [-0.39, 0.29) is 6.54 Å². The molecule has 0 spiro atoms. The van der Waals surface area contributed by atoms with Gasteiger partial charge in [0.25, 0.3) is 0 Å². The lowest BCUT2D eigenvalue weighted by Gasteiger charge is -2.41. The topological polar surface area (TPSA) is 99.1 Å². The standard InChI is InChI=1S/C10H18N2O5/c1-10(2)6-17-4-3-12(10)9(16)11-5-7(13)8(14)15/h7,13H,3-6H2,1-2H3,(H,11,16)(H,14,15). The van der Waals surface area contributed by atoms with Gasteiger partial charge in [0.1, 0.15) is 0 Å². The van der Waals surface area contributed by atoms with Crippen molar-refractivity contribution in [1.29, 1.82) is 0 Å². The van der Waals surface area contributed by atoms with Crippen LogP contribution in [0.15, 0.2) is 0 Å². The number of nitrogens with zero attached hydrogens (tertiary/aromatic N) is 1. The maximum absolute atomic E-state index is 11.8. The fraction of sp³-hybridized carbons (Fsp3) is 0.800. The Kier molecular flexibility index (Phi) is 4.30. The SMILES string of the molecule is CC1(C)COCCN1C(=O)NCC(O)C(=O)O. The third kappa shape index (κ3) is 3.57. The molecule has 1 aliphatic heterocycles. The van der Waals surface area contributed by atoms with Crippen molar-refractivity contribution in [3.63, 3.8) is 0 Å². The van der Waals surface area contributed by atoms with E-state index < -0.39 is 23.6 Å². The van der Waals surface area contributed by atoms with E-state index >= 15 is 0 Å². The van der Waals surface area contributed by atoms with Gasteiger partial charge >= 0.3 is 12.0 Å². The first kappa shape index (κ1) is 13.7. The second-order valence-electron chi connectivity index (χ2n) is 4.56. The molecule has 0 bridgehead atoms. The summed E-state index contributed by atoms with van der Waals surface area (Å²) in [5.74, 6) is -1.36. The van der Waals surface area contributed by atoms with E-state index in [1.807, 2.05) is 13.8 Å². The molecule has 17 heavy (non-hydrogen) atoms. The monoisotopic (exact) mass is 246 g/mol. The summed E-state index contributed by atoms with van der Waals surface area (Å²) in [6, 6.07) is -0.390. The van der Waals surface area contributed by atoms with E-state index in [0.29, 0.717) is 19.8 Å². The number of morpholine rings is 1. The van der Waals surface area contributed by atoms with Crippen molar-refractivity contribution in [3.8, 4) is 0 Å². The van der Waals surface area contributed by atoms with Crippen LogP contribution in [-0.4, -0.2) is 65.1 Å². The van der Waals surface area contributed by atoms with Gasteiger partial charge in [-0.15, -0.1) is 0 Å². The molecular weight excluding hydrogens is 228 g/mol. The van der Waals surface area contributed by atoms with Crippen molar-refractivity contribution in [2.45, 2.75) is 25.5 Å². The molecule has 7 nitrogen and oxygen atoms in total. The fourth-order valence-corrected chi connectivity index (χ4v) is 1.60. The summed E-state index contributed by atoms with van der Waals surface area (Å²) in [5.41, 5.74) is -0.434. The van der Waals surface area contributed by atoms with Gasteiger partial charge < -0.3 is 25.2 Å². The minimum absolute atomic E-state index is 0.304. The van der Waals surface area contributed by atoms with Crippen LogP contribution < -0.4 is 5.32 Å². The Hall–Kier alpha value is -1.34. The number of carboxylic acid groups (broad SMARTS) is 1. The van der Waals surface area contributed by atoms with Gasteiger partial charge in [-0.1, -0.05) is 0 Å². The molecule has 1 fully saturated rings. The molecule has 0 saturated carbocycles. The van der Waals surface area contributed by atoms with Crippen molar-refractivity contribution in [3.05, 3.63) is 0 Å². The van der Waals surface area contributed by atoms with E-state index in [1.54, 1.807) is 4.90 Å². The first-order valence-electron chi connectivity index (χ1n) is 5.38. The van der Waals surface area contributed by atoms with Crippen LogP contribution in [0.5, 0.6) is 0 Å². The lowest BCUT2D eigenvalue weighted by molar-refractivity contribution is -0.146. The van der Waals surface area contributed by atoms with Crippen LogP contribution in [0.4, 0.5) is 4.79 Å². The van der Waals surface area contributed by atoms with E-state index in [0.717, 1.165) is 0 Å². The van der Waals surface area contributed by atoms with E-state index in [9.17, 15) is 9.59 Å². The molecule has 0 aromatic heterocycles. The van der Waals surface area contributed by atoms with E-state index in [4.69, 9.17) is 14.9 Å². The van der Waals surface area contributed by atoms with Crippen LogP contribution >= 0.6 is 0 Å². The molecule has 98 valence electrons. The highest BCUT2D eigenvalue weighted by atomic mass is 16.5. The minimum Gasteiger partial charge on any atom is -0.479 e. The molecule has 7 heteroatoms. The van der Waals surface area contributed by atoms with Crippen molar-refractivity contribution < 1.29 is 24.5 Å². The zero-order valence-electron chi connectivity index (χ0n) is 9.97. The zero-order valence-corrected chi connectivity index (χ0v) is 9.97. The Bertz CT molecular complexity index is 305. The smallest absolute Gasteiger partial charge is 0.334 e. The number of carbonyl (C=O) groups is 2. The van der Waals surface area contributed by atoms with Gasteiger partial charge in [0, 0.05) is 6.54 Å². The molecule has 0 aromatic carbocycles. The van der Waals surface area contributed by atoms with Crippen LogP contribution in [-0.2, 0) is 9.53 Å². The van der Waals surface area contributed by atoms with Gasteiger partial charge in [-0.25, -0.2) is 9.59 Å². The summed E-state index contributed by atoms with van der Waals surface area (Å²) in [5, 5.41) is 19.9. The number of amides is 2. The highest BCUT2D eigenvalue weighted by Gasteiger charge is 2.34. The van der Waals surface area contributed by atoms with Crippen LogP contribution in [0.1, 0.15) is 13.8 Å². The number of carbonyl (C=O) groups excluding carboxylic acids is 1. The number of aliphatic hydroxyl groups excluding tert-OH is 1. The Labute approximate surface area is 99.4 Å².